The molecule has 1 aliphatic heterocycles. The van der Waals surface area contributed by atoms with E-state index >= 15 is 0 Å². The summed E-state index contributed by atoms with van der Waals surface area (Å²) < 4.78 is 18.3. The number of aromatic nitrogens is 2. The number of primary amides is 1. The van der Waals surface area contributed by atoms with Crippen LogP contribution in [0, 0.1) is 11.7 Å². The first-order valence-electron chi connectivity index (χ1n) is 9.99. The van der Waals surface area contributed by atoms with E-state index in [1.807, 2.05) is 0 Å². The summed E-state index contributed by atoms with van der Waals surface area (Å²) in [4.78, 5) is 30.2. The maximum atomic E-state index is 13.1. The molecule has 2 amide bonds. The van der Waals surface area contributed by atoms with Gasteiger partial charge in [0, 0.05) is 22.7 Å². The third-order valence-corrected chi connectivity index (χ3v) is 5.32. The SMILES string of the molecule is NC(=O)c1ccc(NC(=O)C2CCN(Cc3noc(-c4ccc(F)cc4)n3)CC2)cc1. The molecule has 0 radical (unpaired) electrons. The minimum atomic E-state index is -0.503. The largest absolute Gasteiger partial charge is 0.366 e. The van der Waals surface area contributed by atoms with Crippen molar-refractivity contribution in [2.24, 2.45) is 11.7 Å². The van der Waals surface area contributed by atoms with Crippen LogP contribution in [0.15, 0.2) is 53.1 Å². The molecule has 9 heteroatoms. The number of halogens is 1. The zero-order chi connectivity index (χ0) is 21.8. The number of carbonyl (C=O) groups is 2. The van der Waals surface area contributed by atoms with Crippen molar-refractivity contribution in [2.75, 3.05) is 18.4 Å². The van der Waals surface area contributed by atoms with Crippen molar-refractivity contribution in [3.8, 4) is 11.5 Å². The van der Waals surface area contributed by atoms with Crippen LogP contribution in [-0.2, 0) is 11.3 Å². The van der Waals surface area contributed by atoms with Crippen LogP contribution in [0.2, 0.25) is 0 Å². The molecular formula is C22H22FN5O3. The van der Waals surface area contributed by atoms with Crippen LogP contribution < -0.4 is 11.1 Å². The van der Waals surface area contributed by atoms with Crippen molar-refractivity contribution in [3.05, 3.63) is 65.7 Å². The Hall–Kier alpha value is -3.59. The number of benzene rings is 2. The average molecular weight is 423 g/mol. The van der Waals surface area contributed by atoms with Crippen molar-refractivity contribution in [1.82, 2.24) is 15.0 Å². The summed E-state index contributed by atoms with van der Waals surface area (Å²) in [5.41, 5.74) is 6.93. The molecule has 1 aliphatic rings. The second kappa shape index (κ2) is 9.05. The third-order valence-electron chi connectivity index (χ3n) is 5.32. The summed E-state index contributed by atoms with van der Waals surface area (Å²) in [6, 6.07) is 12.4. The number of carbonyl (C=O) groups excluding carboxylic acids is 2. The fourth-order valence-corrected chi connectivity index (χ4v) is 3.54. The van der Waals surface area contributed by atoms with Crippen molar-refractivity contribution >= 4 is 17.5 Å². The molecule has 4 rings (SSSR count). The van der Waals surface area contributed by atoms with E-state index in [4.69, 9.17) is 10.3 Å². The Kier molecular flexibility index (Phi) is 6.03. The lowest BCUT2D eigenvalue weighted by Crippen LogP contribution is -2.38. The molecule has 160 valence electrons. The lowest BCUT2D eigenvalue weighted by molar-refractivity contribution is -0.121. The molecule has 3 aromatic rings. The maximum absolute atomic E-state index is 13.1. The zero-order valence-electron chi connectivity index (χ0n) is 16.8. The molecule has 31 heavy (non-hydrogen) atoms. The summed E-state index contributed by atoms with van der Waals surface area (Å²) in [5, 5.41) is 6.90. The van der Waals surface area contributed by atoms with Gasteiger partial charge in [0.15, 0.2) is 5.82 Å². The van der Waals surface area contributed by atoms with Crippen molar-refractivity contribution in [3.63, 3.8) is 0 Å². The number of likely N-dealkylation sites (tertiary alicyclic amines) is 1. The van der Waals surface area contributed by atoms with Crippen molar-refractivity contribution in [1.29, 1.82) is 0 Å². The molecule has 1 fully saturated rings. The van der Waals surface area contributed by atoms with Gasteiger partial charge in [-0.15, -0.1) is 0 Å². The number of amides is 2. The minimum absolute atomic E-state index is 0.0374. The van der Waals surface area contributed by atoms with E-state index in [2.05, 4.69) is 20.4 Å². The summed E-state index contributed by atoms with van der Waals surface area (Å²) >= 11 is 0. The van der Waals surface area contributed by atoms with Crippen molar-refractivity contribution in [2.45, 2.75) is 19.4 Å². The van der Waals surface area contributed by atoms with E-state index in [0.717, 1.165) is 13.1 Å². The Morgan fingerprint density at radius 3 is 2.42 bits per heavy atom. The van der Waals surface area contributed by atoms with Gasteiger partial charge in [-0.3, -0.25) is 14.5 Å². The molecule has 3 N–H and O–H groups in total. The predicted molar refractivity (Wildman–Crippen MR) is 111 cm³/mol. The van der Waals surface area contributed by atoms with E-state index < -0.39 is 5.91 Å². The predicted octanol–water partition coefficient (Wildman–Crippen LogP) is 2.83. The van der Waals surface area contributed by atoms with E-state index in [1.165, 1.54) is 12.1 Å². The van der Waals surface area contributed by atoms with Gasteiger partial charge in [0.25, 0.3) is 5.89 Å². The zero-order valence-corrected chi connectivity index (χ0v) is 16.8. The standard InChI is InChI=1S/C22H22FN5O3/c23-17-5-1-16(2-6-17)22-26-19(27-31-22)13-28-11-9-15(10-12-28)21(30)25-18-7-3-14(4-8-18)20(24)29/h1-8,15H,9-13H2,(H2,24,29)(H,25,30). The molecule has 1 saturated heterocycles. The first kappa shape index (κ1) is 20.7. The highest BCUT2D eigenvalue weighted by molar-refractivity contribution is 5.95. The Labute approximate surface area is 178 Å². The van der Waals surface area contributed by atoms with Crippen LogP contribution in [0.4, 0.5) is 10.1 Å². The van der Waals surface area contributed by atoms with Crippen molar-refractivity contribution < 1.29 is 18.5 Å². The topological polar surface area (TPSA) is 114 Å². The molecule has 0 atom stereocenters. The van der Waals surface area contributed by atoms with Gasteiger partial charge in [-0.05, 0) is 74.5 Å². The lowest BCUT2D eigenvalue weighted by atomic mass is 9.95. The van der Waals surface area contributed by atoms with Crippen LogP contribution in [0.3, 0.4) is 0 Å². The molecule has 0 aliphatic carbocycles. The van der Waals surface area contributed by atoms with Crippen LogP contribution in [0.1, 0.15) is 29.0 Å². The molecule has 1 aromatic heterocycles. The number of rotatable bonds is 6. The average Bonchev–Trinajstić information content (AvgIpc) is 3.23. The lowest BCUT2D eigenvalue weighted by Gasteiger charge is -2.30. The van der Waals surface area contributed by atoms with Gasteiger partial charge in [-0.2, -0.15) is 4.98 Å². The van der Waals surface area contributed by atoms with E-state index in [9.17, 15) is 14.0 Å². The van der Waals surface area contributed by atoms with Gasteiger partial charge in [0.1, 0.15) is 5.82 Å². The van der Waals surface area contributed by atoms with E-state index in [-0.39, 0.29) is 17.6 Å². The molecular weight excluding hydrogens is 401 g/mol. The fraction of sp³-hybridized carbons (Fsp3) is 0.273. The quantitative estimate of drug-likeness (QED) is 0.630. The third kappa shape index (κ3) is 5.13. The molecule has 2 heterocycles. The number of hydrogen-bond donors (Lipinski definition) is 2. The number of nitrogens with two attached hydrogens (primary N) is 1. The Morgan fingerprint density at radius 1 is 1.10 bits per heavy atom. The van der Waals surface area contributed by atoms with E-state index in [0.29, 0.717) is 47.9 Å². The van der Waals surface area contributed by atoms with Crippen LogP contribution in [0.25, 0.3) is 11.5 Å². The van der Waals surface area contributed by atoms with Gasteiger partial charge in [-0.25, -0.2) is 4.39 Å². The number of nitrogens with one attached hydrogen (secondary N) is 1. The Bertz CT molecular complexity index is 1060. The Morgan fingerprint density at radius 2 is 1.77 bits per heavy atom. The molecule has 8 nitrogen and oxygen atoms in total. The highest BCUT2D eigenvalue weighted by atomic mass is 19.1. The first-order chi connectivity index (χ1) is 15.0. The summed E-state index contributed by atoms with van der Waals surface area (Å²) in [5.74, 6) is -0.0464. The first-order valence-corrected chi connectivity index (χ1v) is 9.99. The van der Waals surface area contributed by atoms with Gasteiger partial charge in [0.05, 0.1) is 6.54 Å². The normalized spacial score (nSPS) is 15.0. The summed E-state index contributed by atoms with van der Waals surface area (Å²) in [6.07, 6.45) is 1.43. The summed E-state index contributed by atoms with van der Waals surface area (Å²) in [7, 11) is 0. The second-order valence-corrected chi connectivity index (χ2v) is 7.50. The summed E-state index contributed by atoms with van der Waals surface area (Å²) in [6.45, 7) is 1.99. The van der Waals surface area contributed by atoms with Gasteiger partial charge in [0.2, 0.25) is 11.8 Å². The molecule has 2 aromatic carbocycles. The number of hydrogen-bond acceptors (Lipinski definition) is 6. The number of nitrogens with zero attached hydrogens (tertiary/aromatic N) is 3. The smallest absolute Gasteiger partial charge is 0.257 e. The molecule has 0 spiro atoms. The van der Waals surface area contributed by atoms with Gasteiger partial charge in [-0.1, -0.05) is 5.16 Å². The van der Waals surface area contributed by atoms with Gasteiger partial charge < -0.3 is 15.6 Å². The number of piperidine rings is 1. The van der Waals surface area contributed by atoms with Gasteiger partial charge >= 0.3 is 0 Å². The molecule has 0 unspecified atom stereocenters. The second-order valence-electron chi connectivity index (χ2n) is 7.50. The monoisotopic (exact) mass is 423 g/mol. The Balaban J connectivity index is 1.27. The van der Waals surface area contributed by atoms with Crippen LogP contribution in [-0.4, -0.2) is 39.9 Å². The fourth-order valence-electron chi connectivity index (χ4n) is 3.54. The minimum Gasteiger partial charge on any atom is -0.366 e. The van der Waals surface area contributed by atoms with Crippen LogP contribution >= 0.6 is 0 Å². The highest BCUT2D eigenvalue weighted by Crippen LogP contribution is 2.22. The number of anilines is 1. The van der Waals surface area contributed by atoms with E-state index in [1.54, 1.807) is 36.4 Å². The molecule has 0 saturated carbocycles. The maximum Gasteiger partial charge on any atom is 0.257 e. The highest BCUT2D eigenvalue weighted by Gasteiger charge is 2.26. The van der Waals surface area contributed by atoms with Crippen LogP contribution in [0.5, 0.6) is 0 Å². The molecule has 0 bridgehead atoms.